The number of aryl methyl sites for hydroxylation is 1. The number of nitrogens with one attached hydrogen (secondary N) is 1. The highest BCUT2D eigenvalue weighted by Gasteiger charge is 2.09. The third kappa shape index (κ3) is 2.74. The zero-order valence-corrected chi connectivity index (χ0v) is 10.6. The Labute approximate surface area is 106 Å². The molecule has 3 nitrogen and oxygen atoms in total. The van der Waals surface area contributed by atoms with Gasteiger partial charge in [0.25, 0.3) is 0 Å². The highest BCUT2D eigenvalue weighted by Crippen LogP contribution is 2.27. The molecule has 17 heavy (non-hydrogen) atoms. The molecule has 0 aliphatic carbocycles. The molecule has 2 aromatic heterocycles. The van der Waals surface area contributed by atoms with E-state index in [2.05, 4.69) is 22.2 Å². The zero-order valence-electron chi connectivity index (χ0n) is 9.81. The zero-order chi connectivity index (χ0) is 12.3. The van der Waals surface area contributed by atoms with E-state index >= 15 is 0 Å². The molecule has 2 rings (SSSR count). The molecule has 1 atom stereocenters. The summed E-state index contributed by atoms with van der Waals surface area (Å²) in [6.07, 6.45) is 5.27. The fourth-order valence-corrected chi connectivity index (χ4v) is 1.91. The molecule has 2 aromatic rings. The molecule has 0 aromatic carbocycles. The van der Waals surface area contributed by atoms with Gasteiger partial charge in [0.05, 0.1) is 5.69 Å². The molecule has 0 saturated carbocycles. The van der Waals surface area contributed by atoms with Crippen LogP contribution in [0.15, 0.2) is 36.8 Å². The van der Waals surface area contributed by atoms with Gasteiger partial charge in [-0.2, -0.15) is 0 Å². The number of anilines is 1. The first-order valence-corrected chi connectivity index (χ1v) is 5.84. The molecular weight excluding hydrogens is 234 g/mol. The van der Waals surface area contributed by atoms with Crippen molar-refractivity contribution >= 4 is 17.3 Å². The number of pyridine rings is 2. The number of hydrogen-bond acceptors (Lipinski definition) is 3. The lowest BCUT2D eigenvalue weighted by atomic mass is 10.1. The molecule has 0 aliphatic rings. The first-order valence-electron chi connectivity index (χ1n) is 5.46. The number of aromatic nitrogens is 2. The minimum Gasteiger partial charge on any atom is -0.376 e. The summed E-state index contributed by atoms with van der Waals surface area (Å²) in [5, 5.41) is 3.88. The Morgan fingerprint density at radius 3 is 2.53 bits per heavy atom. The Kier molecular flexibility index (Phi) is 3.59. The Hall–Kier alpha value is -1.61. The standard InChI is InChI=1S/C13H14ClN3/c1-9-3-8-16-13(14)12(9)17-10(2)11-4-6-15-7-5-11/h3-8,10,17H,1-2H3. The van der Waals surface area contributed by atoms with Crippen LogP contribution in [0.25, 0.3) is 0 Å². The molecule has 4 heteroatoms. The molecule has 0 spiro atoms. The van der Waals surface area contributed by atoms with Crippen LogP contribution in [0, 0.1) is 6.92 Å². The Balaban J connectivity index is 2.22. The Morgan fingerprint density at radius 2 is 1.88 bits per heavy atom. The van der Waals surface area contributed by atoms with Gasteiger partial charge >= 0.3 is 0 Å². The molecule has 0 fully saturated rings. The minimum absolute atomic E-state index is 0.165. The molecule has 88 valence electrons. The van der Waals surface area contributed by atoms with Crippen LogP contribution in [0.1, 0.15) is 24.1 Å². The quantitative estimate of drug-likeness (QED) is 0.842. The summed E-state index contributed by atoms with van der Waals surface area (Å²) in [6.45, 7) is 4.09. The predicted molar refractivity (Wildman–Crippen MR) is 70.3 cm³/mol. The van der Waals surface area contributed by atoms with Crippen LogP contribution in [-0.4, -0.2) is 9.97 Å². The van der Waals surface area contributed by atoms with Gasteiger partial charge in [-0.25, -0.2) is 4.98 Å². The van der Waals surface area contributed by atoms with Gasteiger partial charge in [0, 0.05) is 24.6 Å². The Morgan fingerprint density at radius 1 is 1.18 bits per heavy atom. The van der Waals surface area contributed by atoms with Crippen LogP contribution in [0.3, 0.4) is 0 Å². The number of nitrogens with zero attached hydrogens (tertiary/aromatic N) is 2. The van der Waals surface area contributed by atoms with E-state index in [0.717, 1.165) is 11.3 Å². The summed E-state index contributed by atoms with van der Waals surface area (Å²) < 4.78 is 0. The van der Waals surface area contributed by atoms with Gasteiger partial charge in [0.1, 0.15) is 0 Å². The molecule has 0 amide bonds. The lowest BCUT2D eigenvalue weighted by Crippen LogP contribution is -2.08. The van der Waals surface area contributed by atoms with Gasteiger partial charge < -0.3 is 5.32 Å². The highest BCUT2D eigenvalue weighted by atomic mass is 35.5. The summed E-state index contributed by atoms with van der Waals surface area (Å²) >= 11 is 6.08. The summed E-state index contributed by atoms with van der Waals surface area (Å²) in [4.78, 5) is 8.08. The normalized spacial score (nSPS) is 12.2. The third-order valence-corrected chi connectivity index (χ3v) is 2.97. The molecule has 2 heterocycles. The third-order valence-electron chi connectivity index (χ3n) is 2.68. The van der Waals surface area contributed by atoms with Crippen molar-refractivity contribution < 1.29 is 0 Å². The van der Waals surface area contributed by atoms with Gasteiger partial charge in [0.15, 0.2) is 5.15 Å². The van der Waals surface area contributed by atoms with Gasteiger partial charge in [-0.05, 0) is 43.2 Å². The van der Waals surface area contributed by atoms with E-state index in [-0.39, 0.29) is 6.04 Å². The fourth-order valence-electron chi connectivity index (χ4n) is 1.65. The summed E-state index contributed by atoms with van der Waals surface area (Å²) in [5.74, 6) is 0. The van der Waals surface area contributed by atoms with Crippen LogP contribution in [-0.2, 0) is 0 Å². The molecule has 0 radical (unpaired) electrons. The molecular formula is C13H14ClN3. The SMILES string of the molecule is Cc1ccnc(Cl)c1NC(C)c1ccncc1. The number of rotatable bonds is 3. The highest BCUT2D eigenvalue weighted by molar-refractivity contribution is 6.32. The average Bonchev–Trinajstić information content (AvgIpc) is 2.35. The van der Waals surface area contributed by atoms with E-state index < -0.39 is 0 Å². The fraction of sp³-hybridized carbons (Fsp3) is 0.231. The summed E-state index contributed by atoms with van der Waals surface area (Å²) in [5.41, 5.74) is 3.14. The van der Waals surface area contributed by atoms with E-state index in [1.165, 1.54) is 5.56 Å². The van der Waals surface area contributed by atoms with Crippen molar-refractivity contribution in [3.8, 4) is 0 Å². The van der Waals surface area contributed by atoms with Gasteiger partial charge in [-0.3, -0.25) is 4.98 Å². The van der Waals surface area contributed by atoms with E-state index in [0.29, 0.717) is 5.15 Å². The Bertz CT molecular complexity index is 479. The second-order valence-corrected chi connectivity index (χ2v) is 4.30. The lowest BCUT2D eigenvalue weighted by molar-refractivity contribution is 0.876. The minimum atomic E-state index is 0.165. The molecule has 1 N–H and O–H groups in total. The van der Waals surface area contributed by atoms with E-state index in [1.807, 2.05) is 25.1 Å². The van der Waals surface area contributed by atoms with Crippen LogP contribution in [0.5, 0.6) is 0 Å². The first kappa shape index (κ1) is 11.9. The van der Waals surface area contributed by atoms with Crippen LogP contribution < -0.4 is 5.32 Å². The average molecular weight is 248 g/mol. The van der Waals surface area contributed by atoms with Crippen LogP contribution in [0.2, 0.25) is 5.15 Å². The number of halogens is 1. The maximum absolute atomic E-state index is 6.08. The second-order valence-electron chi connectivity index (χ2n) is 3.94. The van der Waals surface area contributed by atoms with Crippen molar-refractivity contribution in [1.29, 1.82) is 0 Å². The van der Waals surface area contributed by atoms with Crippen molar-refractivity contribution in [2.24, 2.45) is 0 Å². The largest absolute Gasteiger partial charge is 0.376 e. The molecule has 1 unspecified atom stereocenters. The van der Waals surface area contributed by atoms with E-state index in [1.54, 1.807) is 18.6 Å². The summed E-state index contributed by atoms with van der Waals surface area (Å²) in [7, 11) is 0. The van der Waals surface area contributed by atoms with Crippen molar-refractivity contribution in [3.63, 3.8) is 0 Å². The van der Waals surface area contributed by atoms with Gasteiger partial charge in [-0.1, -0.05) is 11.6 Å². The monoisotopic (exact) mass is 247 g/mol. The van der Waals surface area contributed by atoms with Crippen molar-refractivity contribution in [3.05, 3.63) is 53.1 Å². The smallest absolute Gasteiger partial charge is 0.152 e. The predicted octanol–water partition coefficient (Wildman–Crippen LogP) is 3.61. The van der Waals surface area contributed by atoms with E-state index in [9.17, 15) is 0 Å². The lowest BCUT2D eigenvalue weighted by Gasteiger charge is -2.17. The topological polar surface area (TPSA) is 37.8 Å². The second kappa shape index (κ2) is 5.15. The van der Waals surface area contributed by atoms with Gasteiger partial charge in [-0.15, -0.1) is 0 Å². The maximum atomic E-state index is 6.08. The van der Waals surface area contributed by atoms with Crippen molar-refractivity contribution in [2.75, 3.05) is 5.32 Å². The van der Waals surface area contributed by atoms with Crippen molar-refractivity contribution in [1.82, 2.24) is 9.97 Å². The summed E-state index contributed by atoms with van der Waals surface area (Å²) in [6, 6.07) is 6.07. The van der Waals surface area contributed by atoms with Crippen LogP contribution >= 0.6 is 11.6 Å². The first-order chi connectivity index (χ1) is 8.18. The van der Waals surface area contributed by atoms with E-state index in [4.69, 9.17) is 11.6 Å². The molecule has 0 saturated heterocycles. The van der Waals surface area contributed by atoms with Crippen LogP contribution in [0.4, 0.5) is 5.69 Å². The molecule has 0 aliphatic heterocycles. The van der Waals surface area contributed by atoms with Crippen molar-refractivity contribution in [2.45, 2.75) is 19.9 Å². The molecule has 0 bridgehead atoms. The number of hydrogen-bond donors (Lipinski definition) is 1. The maximum Gasteiger partial charge on any atom is 0.152 e. The van der Waals surface area contributed by atoms with Gasteiger partial charge in [0.2, 0.25) is 0 Å².